The van der Waals surface area contributed by atoms with E-state index < -0.39 is 9.84 Å². The molecule has 12 heavy (non-hydrogen) atoms. The van der Waals surface area contributed by atoms with E-state index in [2.05, 4.69) is 5.32 Å². The van der Waals surface area contributed by atoms with E-state index in [1.54, 1.807) is 6.92 Å². The normalized spacial score (nSPS) is 12.9. The van der Waals surface area contributed by atoms with Gasteiger partial charge >= 0.3 is 3.93 Å². The molecule has 0 saturated carbocycles. The molecule has 2 nitrogen and oxygen atoms in total. The van der Waals surface area contributed by atoms with Gasteiger partial charge in [-0.1, -0.05) is 0 Å². The lowest BCUT2D eigenvalue weighted by atomic mass is 10.3. The fourth-order valence-electron chi connectivity index (χ4n) is 0.504. The molecule has 0 fully saturated rings. The zero-order valence-corrected chi connectivity index (χ0v) is 8.98. The Balaban J connectivity index is 4.26. The van der Waals surface area contributed by atoms with Gasteiger partial charge in [-0.2, -0.15) is 8.78 Å². The van der Waals surface area contributed by atoms with E-state index in [9.17, 15) is 13.6 Å². The molecular weight excluding hydrogens is 279 g/mol. The van der Waals surface area contributed by atoms with Crippen LogP contribution >= 0.6 is 22.6 Å². The van der Waals surface area contributed by atoms with Crippen molar-refractivity contribution in [2.24, 2.45) is 0 Å². The van der Waals surface area contributed by atoms with Crippen LogP contribution in [0.25, 0.3) is 0 Å². The topological polar surface area (TPSA) is 29.1 Å². The molecule has 0 unspecified atom stereocenters. The zero-order chi connectivity index (χ0) is 9.78. The van der Waals surface area contributed by atoms with E-state index in [1.807, 2.05) is 0 Å². The fourth-order valence-corrected chi connectivity index (χ4v) is 0.659. The molecule has 0 spiro atoms. The predicted molar refractivity (Wildman–Crippen MR) is 51.4 cm³/mol. The second-order valence-electron chi connectivity index (χ2n) is 2.22. The highest BCUT2D eigenvalue weighted by atomic mass is 127. The summed E-state index contributed by atoms with van der Waals surface area (Å²) in [5.41, 5.74) is -0.242. The summed E-state index contributed by atoms with van der Waals surface area (Å²) < 4.78 is 22.0. The molecule has 0 radical (unpaired) electrons. The minimum Gasteiger partial charge on any atom is -0.353 e. The highest BCUT2D eigenvalue weighted by Gasteiger charge is 2.26. The van der Waals surface area contributed by atoms with Gasteiger partial charge in [-0.05, 0) is 13.8 Å². The van der Waals surface area contributed by atoms with Crippen molar-refractivity contribution in [2.75, 3.05) is 6.54 Å². The summed E-state index contributed by atoms with van der Waals surface area (Å²) in [5.74, 6) is -0.480. The van der Waals surface area contributed by atoms with Crippen molar-refractivity contribution in [3.8, 4) is 0 Å². The van der Waals surface area contributed by atoms with Crippen LogP contribution in [0.1, 0.15) is 13.8 Å². The molecule has 0 aromatic rings. The van der Waals surface area contributed by atoms with Crippen LogP contribution in [0.2, 0.25) is 0 Å². The maximum atomic E-state index is 12.5. The summed E-state index contributed by atoms with van der Waals surface area (Å²) in [7, 11) is 0. The molecule has 1 amide bonds. The number of hydrogen-bond donors (Lipinski definition) is 1. The minimum absolute atomic E-state index is 0.242. The first kappa shape index (κ1) is 11.8. The molecule has 0 aliphatic rings. The molecule has 0 bridgehead atoms. The lowest BCUT2D eigenvalue weighted by Crippen LogP contribution is -2.22. The number of amides is 1. The van der Waals surface area contributed by atoms with Crippen LogP contribution in [-0.2, 0) is 4.79 Å². The molecule has 0 saturated heterocycles. The summed E-state index contributed by atoms with van der Waals surface area (Å²) in [6.07, 6.45) is 0.913. The third-order valence-electron chi connectivity index (χ3n) is 1.15. The molecule has 1 N–H and O–H groups in total. The van der Waals surface area contributed by atoms with Gasteiger partial charge in [-0.15, -0.1) is 0 Å². The molecule has 0 aliphatic heterocycles. The summed E-state index contributed by atoms with van der Waals surface area (Å²) in [6.45, 7) is 3.39. The van der Waals surface area contributed by atoms with Crippen molar-refractivity contribution in [3.63, 3.8) is 0 Å². The Morgan fingerprint density at radius 2 is 2.17 bits per heavy atom. The molecule has 5 heteroatoms. The maximum absolute atomic E-state index is 12.5. The Morgan fingerprint density at radius 1 is 1.67 bits per heavy atom. The molecule has 70 valence electrons. The van der Waals surface area contributed by atoms with Crippen molar-refractivity contribution < 1.29 is 13.6 Å². The molecule has 0 atom stereocenters. The Kier molecular flexibility index (Phi) is 4.66. The number of nitrogens with one attached hydrogen (secondary N) is 1. The number of halogens is 3. The number of rotatable bonds is 3. The van der Waals surface area contributed by atoms with E-state index in [0.717, 1.165) is 28.7 Å². The van der Waals surface area contributed by atoms with E-state index in [0.29, 0.717) is 6.54 Å². The van der Waals surface area contributed by atoms with E-state index >= 15 is 0 Å². The van der Waals surface area contributed by atoms with Crippen molar-refractivity contribution in [3.05, 3.63) is 11.6 Å². The zero-order valence-electron chi connectivity index (χ0n) is 6.83. The molecule has 0 rings (SSSR count). The third-order valence-corrected chi connectivity index (χ3v) is 2.00. The lowest BCUT2D eigenvalue weighted by Gasteiger charge is -2.07. The van der Waals surface area contributed by atoms with Gasteiger partial charge in [-0.3, -0.25) is 4.79 Å². The number of alkyl halides is 3. The van der Waals surface area contributed by atoms with Gasteiger partial charge in [0, 0.05) is 40.8 Å². The van der Waals surface area contributed by atoms with Crippen molar-refractivity contribution >= 4 is 28.5 Å². The van der Waals surface area contributed by atoms with Crippen molar-refractivity contribution in [1.82, 2.24) is 5.32 Å². The lowest BCUT2D eigenvalue weighted by molar-refractivity contribution is -0.116. The first-order chi connectivity index (χ1) is 5.38. The summed E-state index contributed by atoms with van der Waals surface area (Å²) in [6, 6.07) is 0. The van der Waals surface area contributed by atoms with Crippen LogP contribution in [0.15, 0.2) is 11.6 Å². The predicted octanol–water partition coefficient (Wildman–Crippen LogP) is 2.10. The first-order valence-electron chi connectivity index (χ1n) is 3.41. The summed E-state index contributed by atoms with van der Waals surface area (Å²) in [4.78, 5) is 10.8. The van der Waals surface area contributed by atoms with Gasteiger partial charge in [0.2, 0.25) is 5.91 Å². The van der Waals surface area contributed by atoms with Crippen molar-refractivity contribution in [1.29, 1.82) is 0 Å². The number of hydrogen-bond acceptors (Lipinski definition) is 1. The Hall–Kier alpha value is -0.200. The first-order valence-corrected chi connectivity index (χ1v) is 4.49. The third kappa shape index (κ3) is 4.63. The van der Waals surface area contributed by atoms with E-state index in [-0.39, 0.29) is 5.57 Å². The van der Waals surface area contributed by atoms with Crippen LogP contribution in [0, 0.1) is 0 Å². The summed E-state index contributed by atoms with van der Waals surface area (Å²) in [5, 5.41) is 2.40. The van der Waals surface area contributed by atoms with Crippen LogP contribution in [0.3, 0.4) is 0 Å². The van der Waals surface area contributed by atoms with Crippen LogP contribution in [0.5, 0.6) is 0 Å². The van der Waals surface area contributed by atoms with Crippen LogP contribution in [0.4, 0.5) is 8.78 Å². The van der Waals surface area contributed by atoms with Gasteiger partial charge in [0.05, 0.1) is 0 Å². The van der Waals surface area contributed by atoms with Crippen LogP contribution in [-0.4, -0.2) is 16.4 Å². The highest BCUT2D eigenvalue weighted by Crippen LogP contribution is 2.30. The quantitative estimate of drug-likeness (QED) is 0.481. The van der Waals surface area contributed by atoms with Crippen molar-refractivity contribution in [2.45, 2.75) is 17.8 Å². The number of allylic oxidation sites excluding steroid dienone is 1. The Morgan fingerprint density at radius 3 is 2.50 bits per heavy atom. The number of likely N-dealkylation sites (N-methyl/N-ethyl adjacent to an activating group) is 1. The molecule has 0 heterocycles. The van der Waals surface area contributed by atoms with Gasteiger partial charge in [0.1, 0.15) is 0 Å². The van der Waals surface area contributed by atoms with Gasteiger partial charge in [-0.25, -0.2) is 0 Å². The fraction of sp³-hybridized carbons (Fsp3) is 0.571. The average Bonchev–Trinajstić information content (AvgIpc) is 1.85. The Labute approximate surface area is 83.5 Å². The van der Waals surface area contributed by atoms with E-state index in [4.69, 9.17) is 0 Å². The number of carbonyl (C=O) groups is 1. The second kappa shape index (κ2) is 4.74. The molecule has 0 aromatic carbocycles. The van der Waals surface area contributed by atoms with Gasteiger partial charge in [0.15, 0.2) is 0 Å². The average molecular weight is 289 g/mol. The van der Waals surface area contributed by atoms with E-state index in [1.165, 1.54) is 6.92 Å². The monoisotopic (exact) mass is 289 g/mol. The second-order valence-corrected chi connectivity index (χ2v) is 3.57. The molecule has 0 aliphatic carbocycles. The summed E-state index contributed by atoms with van der Waals surface area (Å²) >= 11 is 0.983. The smallest absolute Gasteiger partial charge is 0.317 e. The maximum Gasteiger partial charge on any atom is 0.317 e. The molecular formula is C7H10F2INO. The van der Waals surface area contributed by atoms with Gasteiger partial charge < -0.3 is 5.32 Å². The van der Waals surface area contributed by atoms with Gasteiger partial charge in [0.25, 0.3) is 0 Å². The van der Waals surface area contributed by atoms with Crippen LogP contribution < -0.4 is 5.32 Å². The SMILES string of the molecule is CCNC(=O)/C=C(\C)C(F)(F)I. The number of carbonyl (C=O) groups excluding carboxylic acids is 1. The Bertz CT molecular complexity index is 198. The molecule has 0 aromatic heterocycles. The standard InChI is InChI=1S/C7H10F2INO/c1-3-11-6(12)4-5(2)7(8,9)10/h4H,3H2,1-2H3,(H,11,12)/b5-4+. The highest BCUT2D eigenvalue weighted by molar-refractivity contribution is 14.1. The minimum atomic E-state index is -2.94. The largest absolute Gasteiger partial charge is 0.353 e.